The fourth-order valence-corrected chi connectivity index (χ4v) is 2.74. The largest absolute Gasteiger partial charge is 0.456 e. The Morgan fingerprint density at radius 1 is 1.28 bits per heavy atom. The predicted molar refractivity (Wildman–Crippen MR) is 113 cm³/mol. The van der Waals surface area contributed by atoms with Crippen LogP contribution in [-0.4, -0.2) is 29.5 Å². The Labute approximate surface area is 175 Å². The Kier molecular flexibility index (Phi) is 8.68. The zero-order valence-electron chi connectivity index (χ0n) is 16.8. The van der Waals surface area contributed by atoms with Gasteiger partial charge in [0.2, 0.25) is 5.88 Å². The number of aromatic nitrogens is 1. The van der Waals surface area contributed by atoms with Crippen LogP contribution in [-0.2, 0) is 20.7 Å². The molecule has 1 aromatic carbocycles. The molecule has 0 aliphatic carbocycles. The lowest BCUT2D eigenvalue weighted by Crippen LogP contribution is -2.34. The summed E-state index contributed by atoms with van der Waals surface area (Å²) in [6.07, 6.45) is 7.34. The highest BCUT2D eigenvalue weighted by atomic mass is 35.5. The molecular weight excluding hydrogens is 392 g/mol. The van der Waals surface area contributed by atoms with Crippen molar-refractivity contribution in [2.75, 3.05) is 6.61 Å². The summed E-state index contributed by atoms with van der Waals surface area (Å²) in [5.74, 6) is 0.150. The summed E-state index contributed by atoms with van der Waals surface area (Å²) in [5.41, 5.74) is 2.02. The van der Waals surface area contributed by atoms with E-state index in [-0.39, 0.29) is 18.6 Å². The number of aryl methyl sites for hydroxylation is 1. The number of carbonyl (C=O) groups excluding carboxylic acids is 2. The maximum absolute atomic E-state index is 11.6. The molecule has 29 heavy (non-hydrogen) atoms. The molecule has 2 aromatic rings. The lowest BCUT2D eigenvalue weighted by atomic mass is 10.1. The van der Waals surface area contributed by atoms with Crippen LogP contribution in [0.15, 0.2) is 42.6 Å². The van der Waals surface area contributed by atoms with E-state index in [1.165, 1.54) is 12.5 Å². The molecule has 0 bridgehead atoms. The van der Waals surface area contributed by atoms with Gasteiger partial charge in [-0.05, 0) is 42.7 Å². The third-order valence-corrected chi connectivity index (χ3v) is 4.18. The number of carbonyl (C=O) groups is 2. The summed E-state index contributed by atoms with van der Waals surface area (Å²) in [6.45, 7) is 4.91. The number of pyridine rings is 1. The average molecular weight is 417 g/mol. The highest BCUT2D eigenvalue weighted by Crippen LogP contribution is 2.29. The molecule has 2 rings (SSSR count). The summed E-state index contributed by atoms with van der Waals surface area (Å²) in [5, 5.41) is 3.26. The van der Waals surface area contributed by atoms with Crippen molar-refractivity contribution in [2.24, 2.45) is 0 Å². The zero-order valence-corrected chi connectivity index (χ0v) is 17.5. The smallest absolute Gasteiger partial charge is 0.303 e. The molecule has 1 N–H and O–H groups in total. The first-order valence-electron chi connectivity index (χ1n) is 9.40. The van der Waals surface area contributed by atoms with Crippen molar-refractivity contribution in [1.82, 2.24) is 10.3 Å². The third kappa shape index (κ3) is 7.95. The van der Waals surface area contributed by atoms with Crippen LogP contribution in [0, 0.1) is 0 Å². The second-order valence-electron chi connectivity index (χ2n) is 6.54. The second-order valence-corrected chi connectivity index (χ2v) is 6.95. The van der Waals surface area contributed by atoms with Gasteiger partial charge in [0.15, 0.2) is 6.61 Å². The van der Waals surface area contributed by atoms with Crippen molar-refractivity contribution in [1.29, 1.82) is 0 Å². The fraction of sp³-hybridized carbons (Fsp3) is 0.318. The second kappa shape index (κ2) is 11.2. The van der Waals surface area contributed by atoms with E-state index in [9.17, 15) is 9.59 Å². The van der Waals surface area contributed by atoms with Crippen molar-refractivity contribution < 1.29 is 19.1 Å². The Morgan fingerprint density at radius 3 is 2.69 bits per heavy atom. The third-order valence-electron chi connectivity index (χ3n) is 3.88. The molecule has 0 fully saturated rings. The van der Waals surface area contributed by atoms with Crippen LogP contribution < -0.4 is 10.1 Å². The van der Waals surface area contributed by atoms with Crippen molar-refractivity contribution in [3.8, 4) is 11.6 Å². The quantitative estimate of drug-likeness (QED) is 0.606. The molecule has 0 saturated carbocycles. The number of esters is 1. The summed E-state index contributed by atoms with van der Waals surface area (Å²) >= 11 is 6.29. The van der Waals surface area contributed by atoms with Gasteiger partial charge >= 0.3 is 5.97 Å². The number of hydrogen-bond acceptors (Lipinski definition) is 5. The van der Waals surface area contributed by atoms with Crippen molar-refractivity contribution in [3.05, 3.63) is 58.8 Å². The van der Waals surface area contributed by atoms with Crippen molar-refractivity contribution in [2.45, 2.75) is 39.7 Å². The van der Waals surface area contributed by atoms with Crippen LogP contribution in [0.25, 0.3) is 6.08 Å². The zero-order chi connectivity index (χ0) is 21.2. The molecule has 0 spiro atoms. The minimum Gasteiger partial charge on any atom is -0.456 e. The number of nitrogens with zero attached hydrogens (tertiary/aromatic N) is 1. The van der Waals surface area contributed by atoms with Crippen LogP contribution in [0.2, 0.25) is 5.02 Å². The molecule has 0 radical (unpaired) electrons. The highest BCUT2D eigenvalue weighted by molar-refractivity contribution is 6.32. The van der Waals surface area contributed by atoms with Crippen LogP contribution in [0.5, 0.6) is 11.6 Å². The van der Waals surface area contributed by atoms with Gasteiger partial charge in [-0.1, -0.05) is 43.2 Å². The van der Waals surface area contributed by atoms with E-state index in [1.54, 1.807) is 12.3 Å². The number of nitrogens with one attached hydrogen (secondary N) is 1. The first kappa shape index (κ1) is 22.4. The van der Waals surface area contributed by atoms with Gasteiger partial charge in [-0.3, -0.25) is 9.59 Å². The molecular formula is C22H25ClN2O4. The molecule has 6 nitrogen and oxygen atoms in total. The van der Waals surface area contributed by atoms with E-state index < -0.39 is 5.97 Å². The summed E-state index contributed by atoms with van der Waals surface area (Å²) in [6, 6.07) is 9.14. The van der Waals surface area contributed by atoms with Crippen LogP contribution in [0.1, 0.15) is 38.3 Å². The van der Waals surface area contributed by atoms with Gasteiger partial charge in [0.1, 0.15) is 5.75 Å². The topological polar surface area (TPSA) is 77.5 Å². The standard InChI is InChI=1S/C22H25ClN2O4/c1-4-5-17-8-10-20(19(23)12-17)29-22-11-9-18(13-24-22)7-6-15(2)25-21(27)14-28-16(3)26/h6-13,15H,4-5,14H2,1-3H3,(H,25,27)/b7-6+/t15-/m0/s1. The molecule has 1 atom stereocenters. The molecule has 0 aliphatic heterocycles. The number of rotatable bonds is 9. The lowest BCUT2D eigenvalue weighted by molar-refractivity contribution is -0.146. The molecule has 154 valence electrons. The maximum atomic E-state index is 11.6. The summed E-state index contributed by atoms with van der Waals surface area (Å²) in [7, 11) is 0. The lowest BCUT2D eigenvalue weighted by Gasteiger charge is -2.10. The Hall–Kier alpha value is -2.86. The molecule has 1 amide bonds. The predicted octanol–water partition coefficient (Wildman–Crippen LogP) is 4.56. The average Bonchev–Trinajstić information content (AvgIpc) is 2.68. The van der Waals surface area contributed by atoms with Gasteiger partial charge < -0.3 is 14.8 Å². The van der Waals surface area contributed by atoms with E-state index >= 15 is 0 Å². The van der Waals surface area contributed by atoms with Gasteiger partial charge in [-0.25, -0.2) is 4.98 Å². The van der Waals surface area contributed by atoms with E-state index in [1.807, 2.05) is 43.3 Å². The van der Waals surface area contributed by atoms with Crippen LogP contribution >= 0.6 is 11.6 Å². The molecule has 1 aromatic heterocycles. The maximum Gasteiger partial charge on any atom is 0.303 e. The van der Waals surface area contributed by atoms with E-state index in [4.69, 9.17) is 16.3 Å². The normalized spacial score (nSPS) is 11.9. The Morgan fingerprint density at radius 2 is 2.07 bits per heavy atom. The Balaban J connectivity index is 1.90. The van der Waals surface area contributed by atoms with Crippen LogP contribution in [0.4, 0.5) is 0 Å². The van der Waals surface area contributed by atoms with Gasteiger partial charge in [-0.2, -0.15) is 0 Å². The minimum absolute atomic E-state index is 0.227. The van der Waals surface area contributed by atoms with Gasteiger partial charge in [0.05, 0.1) is 5.02 Å². The molecule has 1 heterocycles. The SMILES string of the molecule is CCCc1ccc(Oc2ccc(/C=C/[C@H](C)NC(=O)COC(C)=O)cn2)c(Cl)c1. The first-order valence-corrected chi connectivity index (χ1v) is 9.78. The van der Waals surface area contributed by atoms with E-state index in [2.05, 4.69) is 22.0 Å². The number of benzene rings is 1. The summed E-state index contributed by atoms with van der Waals surface area (Å²) in [4.78, 5) is 26.6. The molecule has 7 heteroatoms. The fourth-order valence-electron chi connectivity index (χ4n) is 2.50. The van der Waals surface area contributed by atoms with Gasteiger partial charge in [0.25, 0.3) is 5.91 Å². The van der Waals surface area contributed by atoms with E-state index in [0.717, 1.165) is 18.4 Å². The van der Waals surface area contributed by atoms with Crippen molar-refractivity contribution >= 4 is 29.6 Å². The Bertz CT molecular complexity index is 866. The van der Waals surface area contributed by atoms with Gasteiger partial charge in [0, 0.05) is 25.2 Å². The number of hydrogen-bond donors (Lipinski definition) is 1. The monoisotopic (exact) mass is 416 g/mol. The number of ether oxygens (including phenoxy) is 2. The first-order chi connectivity index (χ1) is 13.9. The van der Waals surface area contributed by atoms with E-state index in [0.29, 0.717) is 16.7 Å². The molecule has 0 saturated heterocycles. The van der Waals surface area contributed by atoms with Crippen LogP contribution in [0.3, 0.4) is 0 Å². The molecule has 0 aliphatic rings. The van der Waals surface area contributed by atoms with Crippen molar-refractivity contribution in [3.63, 3.8) is 0 Å². The molecule has 0 unspecified atom stereocenters. The number of amides is 1. The minimum atomic E-state index is -0.491. The number of halogens is 1. The summed E-state index contributed by atoms with van der Waals surface area (Å²) < 4.78 is 10.4. The van der Waals surface area contributed by atoms with Gasteiger partial charge in [-0.15, -0.1) is 0 Å². The highest BCUT2D eigenvalue weighted by Gasteiger charge is 2.07.